The second-order valence-electron chi connectivity index (χ2n) is 5.01. The molecule has 1 atom stereocenters. The van der Waals surface area contributed by atoms with Crippen LogP contribution in [-0.2, 0) is 4.79 Å². The lowest BCUT2D eigenvalue weighted by molar-refractivity contribution is -0.119. The number of anilines is 1. The molecular formula is C17H20N2O2. The molecule has 21 heavy (non-hydrogen) atoms. The van der Waals surface area contributed by atoms with E-state index >= 15 is 0 Å². The van der Waals surface area contributed by atoms with Crippen molar-refractivity contribution in [2.45, 2.75) is 19.9 Å². The molecule has 2 rings (SSSR count). The number of amides is 1. The standard InChI is InChI=1S/C17H20N2O2/c1-12-10-15(21-11-17(18)20)8-9-16(12)19-13(2)14-6-4-3-5-7-14/h3-10,13,19H,11H2,1-2H3,(H2,18,20)/t13-/m0/s1. The summed E-state index contributed by atoms with van der Waals surface area (Å²) >= 11 is 0. The number of carbonyl (C=O) groups is 1. The molecule has 0 heterocycles. The Hall–Kier alpha value is -2.49. The van der Waals surface area contributed by atoms with E-state index in [1.54, 1.807) is 0 Å². The smallest absolute Gasteiger partial charge is 0.255 e. The van der Waals surface area contributed by atoms with Crippen LogP contribution in [-0.4, -0.2) is 12.5 Å². The lowest BCUT2D eigenvalue weighted by atomic mass is 10.1. The summed E-state index contributed by atoms with van der Waals surface area (Å²) in [6.07, 6.45) is 0. The van der Waals surface area contributed by atoms with Crippen LogP contribution >= 0.6 is 0 Å². The zero-order valence-electron chi connectivity index (χ0n) is 12.3. The quantitative estimate of drug-likeness (QED) is 0.857. The number of primary amides is 1. The molecule has 0 aliphatic heterocycles. The summed E-state index contributed by atoms with van der Waals surface area (Å²) in [5.41, 5.74) is 8.38. The maximum absolute atomic E-state index is 10.7. The number of benzene rings is 2. The lowest BCUT2D eigenvalue weighted by Crippen LogP contribution is -2.20. The molecule has 4 nitrogen and oxygen atoms in total. The van der Waals surface area contributed by atoms with Crippen molar-refractivity contribution in [1.29, 1.82) is 0 Å². The fourth-order valence-corrected chi connectivity index (χ4v) is 2.10. The molecule has 0 saturated carbocycles. The van der Waals surface area contributed by atoms with Crippen molar-refractivity contribution >= 4 is 11.6 Å². The highest BCUT2D eigenvalue weighted by Crippen LogP contribution is 2.25. The molecule has 0 aliphatic rings. The Labute approximate surface area is 124 Å². The summed E-state index contributed by atoms with van der Waals surface area (Å²) in [4.78, 5) is 10.7. The molecular weight excluding hydrogens is 264 g/mol. The van der Waals surface area contributed by atoms with Gasteiger partial charge in [-0.15, -0.1) is 0 Å². The van der Waals surface area contributed by atoms with Crippen LogP contribution in [0.1, 0.15) is 24.1 Å². The molecule has 1 amide bonds. The number of hydrogen-bond acceptors (Lipinski definition) is 3. The zero-order valence-corrected chi connectivity index (χ0v) is 12.3. The number of ether oxygens (including phenoxy) is 1. The van der Waals surface area contributed by atoms with Crippen molar-refractivity contribution in [3.05, 3.63) is 59.7 Å². The average molecular weight is 284 g/mol. The molecule has 110 valence electrons. The monoisotopic (exact) mass is 284 g/mol. The van der Waals surface area contributed by atoms with Crippen LogP contribution in [0.3, 0.4) is 0 Å². The van der Waals surface area contributed by atoms with Crippen molar-refractivity contribution < 1.29 is 9.53 Å². The number of aryl methyl sites for hydroxylation is 1. The molecule has 0 saturated heterocycles. The topological polar surface area (TPSA) is 64.3 Å². The molecule has 3 N–H and O–H groups in total. The van der Waals surface area contributed by atoms with Crippen LogP contribution < -0.4 is 15.8 Å². The molecule has 0 fully saturated rings. The fraction of sp³-hybridized carbons (Fsp3) is 0.235. The molecule has 4 heteroatoms. The second-order valence-corrected chi connectivity index (χ2v) is 5.01. The zero-order chi connectivity index (χ0) is 15.2. The van der Waals surface area contributed by atoms with Gasteiger partial charge >= 0.3 is 0 Å². The third-order valence-corrected chi connectivity index (χ3v) is 3.25. The van der Waals surface area contributed by atoms with Gasteiger partial charge in [-0.2, -0.15) is 0 Å². The minimum Gasteiger partial charge on any atom is -0.484 e. The highest BCUT2D eigenvalue weighted by atomic mass is 16.5. The summed E-state index contributed by atoms with van der Waals surface area (Å²) < 4.78 is 5.29. The minimum absolute atomic E-state index is 0.105. The van der Waals surface area contributed by atoms with Gasteiger partial charge in [0.2, 0.25) is 0 Å². The molecule has 0 bridgehead atoms. The van der Waals surface area contributed by atoms with Crippen molar-refractivity contribution in [3.8, 4) is 5.75 Å². The average Bonchev–Trinajstić information content (AvgIpc) is 2.48. The number of nitrogens with one attached hydrogen (secondary N) is 1. The van der Waals surface area contributed by atoms with E-state index in [1.807, 2.05) is 43.3 Å². The van der Waals surface area contributed by atoms with Gasteiger partial charge in [0.15, 0.2) is 6.61 Å². The summed E-state index contributed by atoms with van der Waals surface area (Å²) in [6.45, 7) is 4.01. The van der Waals surface area contributed by atoms with Crippen LogP contribution in [0, 0.1) is 6.92 Å². The molecule has 0 aliphatic carbocycles. The van der Waals surface area contributed by atoms with Gasteiger partial charge in [0.25, 0.3) is 5.91 Å². The van der Waals surface area contributed by atoms with Crippen LogP contribution in [0.5, 0.6) is 5.75 Å². The summed E-state index contributed by atoms with van der Waals surface area (Å²) in [7, 11) is 0. The number of nitrogens with two attached hydrogens (primary N) is 1. The van der Waals surface area contributed by atoms with E-state index in [1.165, 1.54) is 5.56 Å². The Morgan fingerprint density at radius 3 is 2.57 bits per heavy atom. The van der Waals surface area contributed by atoms with Crippen molar-refractivity contribution in [3.63, 3.8) is 0 Å². The fourth-order valence-electron chi connectivity index (χ4n) is 2.10. The Morgan fingerprint density at radius 2 is 1.95 bits per heavy atom. The first-order chi connectivity index (χ1) is 10.1. The first-order valence-corrected chi connectivity index (χ1v) is 6.89. The normalized spacial score (nSPS) is 11.7. The van der Waals surface area contributed by atoms with Gasteiger partial charge in [-0.25, -0.2) is 0 Å². The number of hydrogen-bond donors (Lipinski definition) is 2. The maximum Gasteiger partial charge on any atom is 0.255 e. The first kappa shape index (κ1) is 14.9. The van der Waals surface area contributed by atoms with Gasteiger partial charge in [0, 0.05) is 11.7 Å². The predicted molar refractivity (Wildman–Crippen MR) is 84.3 cm³/mol. The van der Waals surface area contributed by atoms with Crippen molar-refractivity contribution in [1.82, 2.24) is 0 Å². The minimum atomic E-state index is -0.479. The SMILES string of the molecule is Cc1cc(OCC(N)=O)ccc1N[C@@H](C)c1ccccc1. The van der Waals surface area contributed by atoms with E-state index in [2.05, 4.69) is 24.4 Å². The largest absolute Gasteiger partial charge is 0.484 e. The van der Waals surface area contributed by atoms with Crippen molar-refractivity contribution in [2.24, 2.45) is 5.73 Å². The highest BCUT2D eigenvalue weighted by molar-refractivity contribution is 5.75. The van der Waals surface area contributed by atoms with Crippen LogP contribution in [0.25, 0.3) is 0 Å². The molecule has 0 spiro atoms. The molecule has 0 radical (unpaired) electrons. The highest BCUT2D eigenvalue weighted by Gasteiger charge is 2.07. The lowest BCUT2D eigenvalue weighted by Gasteiger charge is -2.18. The third kappa shape index (κ3) is 4.24. The Morgan fingerprint density at radius 1 is 1.24 bits per heavy atom. The number of rotatable bonds is 6. The van der Waals surface area contributed by atoms with E-state index in [0.29, 0.717) is 5.75 Å². The van der Waals surface area contributed by atoms with E-state index in [4.69, 9.17) is 10.5 Å². The van der Waals surface area contributed by atoms with E-state index in [-0.39, 0.29) is 12.6 Å². The van der Waals surface area contributed by atoms with E-state index < -0.39 is 5.91 Å². The van der Waals surface area contributed by atoms with Gasteiger partial charge in [0.1, 0.15) is 5.75 Å². The second kappa shape index (κ2) is 6.79. The van der Waals surface area contributed by atoms with Crippen LogP contribution in [0.2, 0.25) is 0 Å². The maximum atomic E-state index is 10.7. The van der Waals surface area contributed by atoms with Gasteiger partial charge in [-0.1, -0.05) is 30.3 Å². The summed E-state index contributed by atoms with van der Waals surface area (Å²) in [5, 5.41) is 3.47. The van der Waals surface area contributed by atoms with E-state index in [9.17, 15) is 4.79 Å². The van der Waals surface area contributed by atoms with E-state index in [0.717, 1.165) is 11.3 Å². The van der Waals surface area contributed by atoms with Crippen LogP contribution in [0.4, 0.5) is 5.69 Å². The van der Waals surface area contributed by atoms with Gasteiger partial charge in [-0.05, 0) is 43.2 Å². The van der Waals surface area contributed by atoms with Crippen molar-refractivity contribution in [2.75, 3.05) is 11.9 Å². The molecule has 0 unspecified atom stereocenters. The predicted octanol–water partition coefficient (Wildman–Crippen LogP) is 3.03. The molecule has 0 aromatic heterocycles. The summed E-state index contributed by atoms with van der Waals surface area (Å²) in [5.74, 6) is 0.164. The Balaban J connectivity index is 2.05. The number of carbonyl (C=O) groups excluding carboxylic acids is 1. The summed E-state index contributed by atoms with van der Waals surface area (Å²) in [6, 6.07) is 16.1. The Bertz CT molecular complexity index is 611. The molecule has 2 aromatic rings. The first-order valence-electron chi connectivity index (χ1n) is 6.89. The van der Waals surface area contributed by atoms with Gasteiger partial charge in [0.05, 0.1) is 0 Å². The van der Waals surface area contributed by atoms with Gasteiger partial charge in [-0.3, -0.25) is 4.79 Å². The van der Waals surface area contributed by atoms with Gasteiger partial charge < -0.3 is 15.8 Å². The molecule has 2 aromatic carbocycles. The van der Waals surface area contributed by atoms with Crippen LogP contribution in [0.15, 0.2) is 48.5 Å². The Kier molecular flexibility index (Phi) is 4.82. The third-order valence-electron chi connectivity index (χ3n) is 3.25.